The Morgan fingerprint density at radius 3 is 1.58 bits per heavy atom. The summed E-state index contributed by atoms with van der Waals surface area (Å²) in [5.74, 6) is 0. The lowest BCUT2D eigenvalue weighted by molar-refractivity contribution is 0.0786. The van der Waals surface area contributed by atoms with Crippen molar-refractivity contribution in [2.45, 2.75) is 19.4 Å². The Morgan fingerprint density at radius 2 is 1.21 bits per heavy atom. The highest BCUT2D eigenvalue weighted by Gasteiger charge is 2.15. The molecule has 2 aromatic carbocycles. The lowest BCUT2D eigenvalue weighted by atomic mass is 9.80. The Labute approximate surface area is 113 Å². The van der Waals surface area contributed by atoms with Gasteiger partial charge in [-0.1, -0.05) is 48.5 Å². The summed E-state index contributed by atoms with van der Waals surface area (Å²) in [5.41, 5.74) is 2.50. The molecule has 3 N–H and O–H groups in total. The van der Waals surface area contributed by atoms with Gasteiger partial charge in [0.1, 0.15) is 0 Å². The summed E-state index contributed by atoms with van der Waals surface area (Å²) in [6, 6.07) is 14.7. The molecular formula is C15H17BO3. The molecule has 0 aliphatic heterocycles. The quantitative estimate of drug-likeness (QED) is 0.724. The molecule has 2 rings (SSSR count). The van der Waals surface area contributed by atoms with Crippen molar-refractivity contribution >= 4 is 12.6 Å². The lowest BCUT2D eigenvalue weighted by Crippen LogP contribution is -2.29. The minimum atomic E-state index is -1.44. The summed E-state index contributed by atoms with van der Waals surface area (Å²) >= 11 is 0. The van der Waals surface area contributed by atoms with Crippen LogP contribution >= 0.6 is 0 Å². The topological polar surface area (TPSA) is 60.7 Å². The normalized spacial score (nSPS) is 11.4. The third-order valence-electron chi connectivity index (χ3n) is 3.13. The minimum absolute atomic E-state index is 0.469. The van der Waals surface area contributed by atoms with Crippen LogP contribution in [0.4, 0.5) is 0 Å². The Morgan fingerprint density at radius 1 is 0.789 bits per heavy atom. The summed E-state index contributed by atoms with van der Waals surface area (Å²) in [6.07, 6.45) is 0. The first-order valence-electron chi connectivity index (χ1n) is 6.17. The first-order chi connectivity index (χ1) is 8.88. The van der Waals surface area contributed by atoms with Gasteiger partial charge in [-0.3, -0.25) is 0 Å². The highest BCUT2D eigenvalue weighted by atomic mass is 16.4. The fourth-order valence-electron chi connectivity index (χ4n) is 1.92. The van der Waals surface area contributed by atoms with E-state index in [4.69, 9.17) is 10.0 Å². The molecule has 19 heavy (non-hydrogen) atoms. The van der Waals surface area contributed by atoms with Crippen LogP contribution in [-0.4, -0.2) is 22.3 Å². The highest BCUT2D eigenvalue weighted by molar-refractivity contribution is 6.58. The molecule has 0 spiro atoms. The van der Waals surface area contributed by atoms with E-state index in [1.165, 1.54) is 0 Å². The molecule has 0 heterocycles. The van der Waals surface area contributed by atoms with Crippen molar-refractivity contribution in [1.82, 2.24) is 0 Å². The van der Waals surface area contributed by atoms with Crippen LogP contribution in [0.1, 0.15) is 19.4 Å². The van der Waals surface area contributed by atoms with Crippen molar-refractivity contribution in [3.05, 3.63) is 54.1 Å². The third-order valence-corrected chi connectivity index (χ3v) is 3.13. The van der Waals surface area contributed by atoms with Crippen molar-refractivity contribution in [3.63, 3.8) is 0 Å². The molecule has 2 aromatic rings. The van der Waals surface area contributed by atoms with Gasteiger partial charge in [0.15, 0.2) is 0 Å². The molecule has 0 aliphatic rings. The smallest absolute Gasteiger partial charge is 0.423 e. The summed E-state index contributed by atoms with van der Waals surface area (Å²) in [4.78, 5) is 0. The van der Waals surface area contributed by atoms with Crippen molar-refractivity contribution in [2.24, 2.45) is 0 Å². The fraction of sp³-hybridized carbons (Fsp3) is 0.200. The van der Waals surface area contributed by atoms with Crippen LogP contribution in [0.25, 0.3) is 11.1 Å². The van der Waals surface area contributed by atoms with Crippen LogP contribution in [-0.2, 0) is 5.60 Å². The van der Waals surface area contributed by atoms with Gasteiger partial charge in [0.2, 0.25) is 0 Å². The molecule has 0 unspecified atom stereocenters. The maximum absolute atomic E-state index is 9.89. The molecule has 98 valence electrons. The average molecular weight is 256 g/mol. The van der Waals surface area contributed by atoms with E-state index in [-0.39, 0.29) is 0 Å². The lowest BCUT2D eigenvalue weighted by Gasteiger charge is -2.18. The molecule has 0 saturated heterocycles. The van der Waals surface area contributed by atoms with E-state index in [1.54, 1.807) is 26.0 Å². The van der Waals surface area contributed by atoms with E-state index in [2.05, 4.69) is 0 Å². The summed E-state index contributed by atoms with van der Waals surface area (Å²) in [7, 11) is -1.44. The highest BCUT2D eigenvalue weighted by Crippen LogP contribution is 2.24. The van der Waals surface area contributed by atoms with Gasteiger partial charge in [-0.05, 0) is 36.0 Å². The van der Waals surface area contributed by atoms with E-state index < -0.39 is 12.7 Å². The van der Waals surface area contributed by atoms with Crippen LogP contribution in [0, 0.1) is 0 Å². The van der Waals surface area contributed by atoms with E-state index in [1.807, 2.05) is 36.4 Å². The van der Waals surface area contributed by atoms with E-state index in [0.717, 1.165) is 16.7 Å². The summed E-state index contributed by atoms with van der Waals surface area (Å²) in [6.45, 7) is 3.50. The zero-order valence-corrected chi connectivity index (χ0v) is 11.0. The Kier molecular flexibility index (Phi) is 3.76. The van der Waals surface area contributed by atoms with Crippen LogP contribution in [0.5, 0.6) is 0 Å². The second-order valence-electron chi connectivity index (χ2n) is 5.13. The Hall–Kier alpha value is -1.62. The second kappa shape index (κ2) is 5.17. The average Bonchev–Trinajstić information content (AvgIpc) is 2.38. The molecule has 0 amide bonds. The van der Waals surface area contributed by atoms with Gasteiger partial charge < -0.3 is 15.2 Å². The first-order valence-corrected chi connectivity index (χ1v) is 6.17. The summed E-state index contributed by atoms with van der Waals surface area (Å²) in [5, 5.41) is 28.0. The standard InChI is InChI=1S/C15H17BO3/c1-15(2,17)13-7-3-11(4-8-13)12-5-9-14(10-6-12)16(18)19/h3-10,17-19H,1-2H3. The minimum Gasteiger partial charge on any atom is -0.423 e. The second-order valence-corrected chi connectivity index (χ2v) is 5.13. The number of aliphatic hydroxyl groups is 1. The van der Waals surface area contributed by atoms with E-state index >= 15 is 0 Å². The SMILES string of the molecule is CC(C)(O)c1ccc(-c2ccc(B(O)O)cc2)cc1. The molecule has 0 fully saturated rings. The van der Waals surface area contributed by atoms with E-state index in [0.29, 0.717) is 5.46 Å². The first kappa shape index (κ1) is 13.8. The monoisotopic (exact) mass is 256 g/mol. The summed E-state index contributed by atoms with van der Waals surface area (Å²) < 4.78 is 0. The van der Waals surface area contributed by atoms with Crippen LogP contribution < -0.4 is 5.46 Å². The molecule has 0 aliphatic carbocycles. The van der Waals surface area contributed by atoms with Crippen LogP contribution in [0.2, 0.25) is 0 Å². The van der Waals surface area contributed by atoms with Gasteiger partial charge in [0.05, 0.1) is 5.60 Å². The molecule has 0 saturated carbocycles. The molecular weight excluding hydrogens is 239 g/mol. The number of hydrogen-bond donors (Lipinski definition) is 3. The van der Waals surface area contributed by atoms with Gasteiger partial charge >= 0.3 is 7.12 Å². The van der Waals surface area contributed by atoms with Crippen molar-refractivity contribution in [3.8, 4) is 11.1 Å². The predicted molar refractivity (Wildman–Crippen MR) is 76.9 cm³/mol. The predicted octanol–water partition coefficient (Wildman–Crippen LogP) is 1.26. The Bertz CT molecular complexity index is 539. The third kappa shape index (κ3) is 3.23. The molecule has 0 radical (unpaired) electrons. The molecule has 4 heteroatoms. The fourth-order valence-corrected chi connectivity index (χ4v) is 1.92. The maximum atomic E-state index is 9.89. The maximum Gasteiger partial charge on any atom is 0.488 e. The Balaban J connectivity index is 2.27. The van der Waals surface area contributed by atoms with Crippen molar-refractivity contribution in [2.75, 3.05) is 0 Å². The van der Waals surface area contributed by atoms with Gasteiger partial charge in [-0.15, -0.1) is 0 Å². The zero-order chi connectivity index (χ0) is 14.0. The molecule has 0 aromatic heterocycles. The van der Waals surface area contributed by atoms with Gasteiger partial charge in [0, 0.05) is 0 Å². The molecule has 3 nitrogen and oxygen atoms in total. The number of benzene rings is 2. The van der Waals surface area contributed by atoms with Crippen LogP contribution in [0.3, 0.4) is 0 Å². The van der Waals surface area contributed by atoms with Gasteiger partial charge in [0.25, 0.3) is 0 Å². The zero-order valence-electron chi connectivity index (χ0n) is 11.0. The van der Waals surface area contributed by atoms with E-state index in [9.17, 15) is 5.11 Å². The number of hydrogen-bond acceptors (Lipinski definition) is 3. The molecule has 0 bridgehead atoms. The van der Waals surface area contributed by atoms with Gasteiger partial charge in [-0.25, -0.2) is 0 Å². The van der Waals surface area contributed by atoms with Gasteiger partial charge in [-0.2, -0.15) is 0 Å². The van der Waals surface area contributed by atoms with Crippen molar-refractivity contribution < 1.29 is 15.2 Å². The largest absolute Gasteiger partial charge is 0.488 e. The number of rotatable bonds is 3. The van der Waals surface area contributed by atoms with Crippen molar-refractivity contribution in [1.29, 1.82) is 0 Å². The molecule has 0 atom stereocenters. The van der Waals surface area contributed by atoms with Crippen LogP contribution in [0.15, 0.2) is 48.5 Å².